The number of hydrogen-bond acceptors (Lipinski definition) is 3. The summed E-state index contributed by atoms with van der Waals surface area (Å²) in [5.74, 6) is -0.802. The molecule has 2 N–H and O–H groups in total. The maximum Gasteiger partial charge on any atom is 0.416 e. The first-order chi connectivity index (χ1) is 15.1. The van der Waals surface area contributed by atoms with E-state index in [2.05, 4.69) is 15.7 Å². The zero-order valence-electron chi connectivity index (χ0n) is 17.7. The number of aromatic nitrogens is 2. The van der Waals surface area contributed by atoms with Crippen molar-refractivity contribution in [2.24, 2.45) is 0 Å². The van der Waals surface area contributed by atoms with Crippen LogP contribution in [0.4, 0.5) is 13.2 Å². The molecule has 0 saturated heterocycles. The van der Waals surface area contributed by atoms with Gasteiger partial charge in [0.1, 0.15) is 0 Å². The minimum absolute atomic E-state index is 0.112. The van der Waals surface area contributed by atoms with E-state index in [4.69, 9.17) is 0 Å². The van der Waals surface area contributed by atoms with Gasteiger partial charge in [-0.1, -0.05) is 12.1 Å². The van der Waals surface area contributed by atoms with Crippen LogP contribution in [0, 0.1) is 13.8 Å². The largest absolute Gasteiger partial charge is 0.416 e. The van der Waals surface area contributed by atoms with Crippen molar-refractivity contribution in [3.05, 3.63) is 88.2 Å². The number of rotatable bonds is 7. The Morgan fingerprint density at radius 3 is 2.09 bits per heavy atom. The normalized spacial score (nSPS) is 11.3. The van der Waals surface area contributed by atoms with Crippen molar-refractivity contribution in [1.29, 1.82) is 0 Å². The molecule has 0 aliphatic carbocycles. The van der Waals surface area contributed by atoms with Crippen LogP contribution in [-0.4, -0.2) is 34.7 Å². The minimum Gasteiger partial charge on any atom is -0.350 e. The van der Waals surface area contributed by atoms with Crippen molar-refractivity contribution in [2.75, 3.05) is 13.1 Å². The first-order valence-corrected chi connectivity index (χ1v) is 9.97. The second-order valence-corrected chi connectivity index (χ2v) is 7.37. The molecule has 2 amide bonds. The number of benzene rings is 2. The number of carbonyl (C=O) groups is 2. The molecule has 32 heavy (non-hydrogen) atoms. The van der Waals surface area contributed by atoms with Gasteiger partial charge >= 0.3 is 6.18 Å². The summed E-state index contributed by atoms with van der Waals surface area (Å²) in [6, 6.07) is 13.1. The van der Waals surface area contributed by atoms with Gasteiger partial charge in [-0.05, 0) is 61.9 Å². The lowest BCUT2D eigenvalue weighted by Gasteiger charge is -2.10. The van der Waals surface area contributed by atoms with E-state index >= 15 is 0 Å². The van der Waals surface area contributed by atoms with Gasteiger partial charge in [-0.2, -0.15) is 18.3 Å². The molecule has 0 bridgehead atoms. The van der Waals surface area contributed by atoms with Crippen LogP contribution in [0.25, 0.3) is 0 Å². The predicted octanol–water partition coefficient (Wildman–Crippen LogP) is 3.73. The molecule has 0 saturated carbocycles. The van der Waals surface area contributed by atoms with Gasteiger partial charge in [0.2, 0.25) is 0 Å². The van der Waals surface area contributed by atoms with Gasteiger partial charge in [-0.25, -0.2) is 0 Å². The van der Waals surface area contributed by atoms with Gasteiger partial charge < -0.3 is 10.6 Å². The highest BCUT2D eigenvalue weighted by Gasteiger charge is 2.30. The molecular weight excluding hydrogens is 421 g/mol. The third-order valence-corrected chi connectivity index (χ3v) is 4.80. The van der Waals surface area contributed by atoms with E-state index in [-0.39, 0.29) is 24.6 Å². The minimum atomic E-state index is -4.45. The monoisotopic (exact) mass is 444 g/mol. The van der Waals surface area contributed by atoms with Crippen molar-refractivity contribution in [3.63, 3.8) is 0 Å². The Hall–Kier alpha value is -3.62. The second kappa shape index (κ2) is 9.67. The molecule has 3 aromatic rings. The van der Waals surface area contributed by atoms with Crippen LogP contribution in [0.15, 0.2) is 54.6 Å². The number of nitrogens with zero attached hydrogens (tertiary/aromatic N) is 2. The summed E-state index contributed by atoms with van der Waals surface area (Å²) in [6.07, 6.45) is -4.45. The SMILES string of the molecule is Cc1cc(C)n(Cc2cccc(C(=O)NCCNC(=O)c3ccc(C(F)(F)F)cc3)c2)n1. The van der Waals surface area contributed by atoms with Crippen molar-refractivity contribution >= 4 is 11.8 Å². The summed E-state index contributed by atoms with van der Waals surface area (Å²) in [5.41, 5.74) is 2.66. The number of halogens is 3. The highest BCUT2D eigenvalue weighted by Crippen LogP contribution is 2.29. The van der Waals surface area contributed by atoms with Crippen LogP contribution >= 0.6 is 0 Å². The molecule has 1 heterocycles. The third kappa shape index (κ3) is 5.96. The van der Waals surface area contributed by atoms with Gasteiger partial charge in [-0.15, -0.1) is 0 Å². The molecule has 0 unspecified atom stereocenters. The number of carbonyl (C=O) groups excluding carboxylic acids is 2. The second-order valence-electron chi connectivity index (χ2n) is 7.37. The fourth-order valence-corrected chi connectivity index (χ4v) is 3.19. The predicted molar refractivity (Wildman–Crippen MR) is 113 cm³/mol. The lowest BCUT2D eigenvalue weighted by Crippen LogP contribution is -2.34. The van der Waals surface area contributed by atoms with E-state index in [1.54, 1.807) is 18.2 Å². The molecule has 0 radical (unpaired) electrons. The maximum atomic E-state index is 12.6. The molecular formula is C23H23F3N4O2. The quantitative estimate of drug-likeness (QED) is 0.546. The van der Waals surface area contributed by atoms with Crippen LogP contribution in [0.5, 0.6) is 0 Å². The van der Waals surface area contributed by atoms with Crippen LogP contribution in [0.1, 0.15) is 43.2 Å². The summed E-state index contributed by atoms with van der Waals surface area (Å²) in [6.45, 7) is 4.74. The van der Waals surface area contributed by atoms with Crippen LogP contribution in [0.3, 0.4) is 0 Å². The zero-order valence-corrected chi connectivity index (χ0v) is 17.7. The standard InChI is InChI=1S/C23H23F3N4O2/c1-15-12-16(2)30(29-15)14-17-4-3-5-19(13-17)22(32)28-11-10-27-21(31)18-6-8-20(9-7-18)23(24,25)26/h3-9,12-13H,10-11,14H2,1-2H3,(H,27,31)(H,28,32). The summed E-state index contributed by atoms with van der Waals surface area (Å²) in [4.78, 5) is 24.5. The lowest BCUT2D eigenvalue weighted by molar-refractivity contribution is -0.137. The summed E-state index contributed by atoms with van der Waals surface area (Å²) in [5, 5.41) is 9.71. The molecule has 168 valence electrons. The summed E-state index contributed by atoms with van der Waals surface area (Å²) in [7, 11) is 0. The van der Waals surface area contributed by atoms with Gasteiger partial charge in [0.25, 0.3) is 11.8 Å². The average molecular weight is 444 g/mol. The smallest absolute Gasteiger partial charge is 0.350 e. The number of amides is 2. The Bertz CT molecular complexity index is 1110. The molecule has 9 heteroatoms. The van der Waals surface area contributed by atoms with Crippen molar-refractivity contribution < 1.29 is 22.8 Å². The number of aryl methyl sites for hydroxylation is 2. The van der Waals surface area contributed by atoms with E-state index in [1.165, 1.54) is 0 Å². The van der Waals surface area contributed by atoms with Crippen LogP contribution in [0.2, 0.25) is 0 Å². The molecule has 2 aromatic carbocycles. The zero-order chi connectivity index (χ0) is 23.3. The number of alkyl halides is 3. The van der Waals surface area contributed by atoms with Crippen LogP contribution < -0.4 is 10.6 Å². The van der Waals surface area contributed by atoms with E-state index in [9.17, 15) is 22.8 Å². The lowest BCUT2D eigenvalue weighted by atomic mass is 10.1. The first-order valence-electron chi connectivity index (χ1n) is 9.97. The third-order valence-electron chi connectivity index (χ3n) is 4.80. The van der Waals surface area contributed by atoms with Crippen molar-refractivity contribution in [1.82, 2.24) is 20.4 Å². The highest BCUT2D eigenvalue weighted by atomic mass is 19.4. The number of nitrogens with one attached hydrogen (secondary N) is 2. The molecule has 0 aliphatic rings. The van der Waals surface area contributed by atoms with E-state index in [0.29, 0.717) is 12.1 Å². The van der Waals surface area contributed by atoms with Gasteiger partial charge in [0.15, 0.2) is 0 Å². The molecule has 3 rings (SSSR count). The van der Waals surface area contributed by atoms with Crippen molar-refractivity contribution in [2.45, 2.75) is 26.6 Å². The Labute approximate surface area is 183 Å². The Kier molecular flexibility index (Phi) is 6.97. The summed E-state index contributed by atoms with van der Waals surface area (Å²) >= 11 is 0. The van der Waals surface area contributed by atoms with E-state index in [1.807, 2.05) is 30.7 Å². The molecule has 0 aliphatic heterocycles. The Morgan fingerprint density at radius 1 is 0.906 bits per heavy atom. The molecule has 0 fully saturated rings. The topological polar surface area (TPSA) is 76.0 Å². The molecule has 6 nitrogen and oxygen atoms in total. The number of hydrogen-bond donors (Lipinski definition) is 2. The first kappa shape index (κ1) is 23.1. The van der Waals surface area contributed by atoms with Crippen LogP contribution in [-0.2, 0) is 12.7 Å². The van der Waals surface area contributed by atoms with Gasteiger partial charge in [0, 0.05) is 29.9 Å². The molecule has 0 atom stereocenters. The van der Waals surface area contributed by atoms with Gasteiger partial charge in [-0.3, -0.25) is 14.3 Å². The maximum absolute atomic E-state index is 12.6. The van der Waals surface area contributed by atoms with E-state index in [0.717, 1.165) is 41.2 Å². The highest BCUT2D eigenvalue weighted by molar-refractivity contribution is 5.95. The Balaban J connectivity index is 1.48. The van der Waals surface area contributed by atoms with Gasteiger partial charge in [0.05, 0.1) is 17.8 Å². The average Bonchev–Trinajstić information content (AvgIpc) is 3.07. The summed E-state index contributed by atoms with van der Waals surface area (Å²) < 4.78 is 39.6. The fraction of sp³-hybridized carbons (Fsp3) is 0.261. The fourth-order valence-electron chi connectivity index (χ4n) is 3.19. The van der Waals surface area contributed by atoms with Crippen molar-refractivity contribution in [3.8, 4) is 0 Å². The Morgan fingerprint density at radius 2 is 1.53 bits per heavy atom. The molecule has 0 spiro atoms. The molecule has 1 aromatic heterocycles. The van der Waals surface area contributed by atoms with E-state index < -0.39 is 17.6 Å².